The number of carbonyl (C=O) groups excluding carboxylic acids is 2. The minimum absolute atomic E-state index is 0.00199. The number of H-pyrrole nitrogens is 1. The Bertz CT molecular complexity index is 2870. The van der Waals surface area contributed by atoms with E-state index in [1.165, 1.54) is 10.6 Å². The van der Waals surface area contributed by atoms with Crippen LogP contribution < -0.4 is 30.4 Å². The number of ether oxygens (including phenoxy) is 2. The molecule has 0 atom stereocenters. The van der Waals surface area contributed by atoms with Crippen LogP contribution in [0.2, 0.25) is 0 Å². The fraction of sp³-hybridized carbons (Fsp3) is 0.360. The number of aromatic amines is 1. The Morgan fingerprint density at radius 1 is 0.853 bits per heavy atom. The Balaban J connectivity index is 0.745. The monoisotopic (exact) mass is 923 g/mol. The fourth-order valence-corrected chi connectivity index (χ4v) is 9.15. The molecule has 18 heteroatoms. The van der Waals surface area contributed by atoms with Crippen molar-refractivity contribution in [3.63, 3.8) is 0 Å². The van der Waals surface area contributed by atoms with Crippen LogP contribution >= 0.6 is 0 Å². The first kappa shape index (κ1) is 45.7. The van der Waals surface area contributed by atoms with Gasteiger partial charge in [-0.15, -0.1) is 0 Å². The summed E-state index contributed by atoms with van der Waals surface area (Å²) in [4.78, 5) is 58.8. The number of carbonyl (C=O) groups is 2. The Morgan fingerprint density at radius 3 is 2.32 bits per heavy atom. The molecule has 3 aliphatic heterocycles. The Morgan fingerprint density at radius 2 is 1.59 bits per heavy atom. The number of phenols is 2. The SMILES string of the molecule is CCOc1cc(N2CCC(OCC(=O)N3CCN(Cc4ccc(-n5c(-c6cc(C(C)C)c(O)cc6O)n[nH]c5=O)cc4)CC3)CC2)ccc1Nc1ncc2c(n1)N(C)c1ccccc1C(=O)N2C. The lowest BCUT2D eigenvalue weighted by atomic mass is 9.98. The smallest absolute Gasteiger partial charge is 0.348 e. The van der Waals surface area contributed by atoms with E-state index >= 15 is 0 Å². The molecule has 354 valence electrons. The van der Waals surface area contributed by atoms with Crippen molar-refractivity contribution in [1.82, 2.24) is 34.5 Å². The zero-order valence-electron chi connectivity index (χ0n) is 39.0. The number of hydrogen-bond donors (Lipinski definition) is 4. The molecular weight excluding hydrogens is 867 g/mol. The number of para-hydroxylation sites is 1. The summed E-state index contributed by atoms with van der Waals surface area (Å²) in [6.07, 6.45) is 3.21. The Hall–Kier alpha value is -7.44. The Kier molecular flexibility index (Phi) is 13.1. The number of phenolic OH excluding ortho intramolecular Hbond substituents is 2. The molecular formula is C50H57N11O7. The number of aromatic nitrogens is 5. The normalized spacial score (nSPS) is 15.6. The number of fused-ring (bicyclic) bond motifs is 2. The van der Waals surface area contributed by atoms with Crippen LogP contribution in [0.15, 0.2) is 89.9 Å². The maximum atomic E-state index is 13.3. The average molecular weight is 924 g/mol. The number of benzene rings is 4. The second-order valence-corrected chi connectivity index (χ2v) is 17.7. The molecule has 0 saturated carbocycles. The van der Waals surface area contributed by atoms with Crippen LogP contribution in [0.3, 0.4) is 0 Å². The standard InChI is InChI=1S/C50H57N11O7/c1-6-67-44-25-34(15-16-39(44)52-49-51-28-41-47(53-49)56(4)40-10-8-7-9-36(40)48(65)57(41)5)59-19-17-35(18-20-59)68-30-45(64)60-23-21-58(22-24-60)29-32-11-13-33(14-12-32)61-46(54-55-50(61)66)38-26-37(31(2)3)42(62)27-43(38)63/h7-16,25-28,31,35,62-63H,6,17-24,29-30H2,1-5H3,(H,55,66)(H,51,52,53). The van der Waals surface area contributed by atoms with Crippen molar-refractivity contribution in [2.75, 3.05) is 86.6 Å². The lowest BCUT2D eigenvalue weighted by Crippen LogP contribution is -2.49. The molecule has 2 saturated heterocycles. The first-order valence-corrected chi connectivity index (χ1v) is 23.1. The first-order valence-electron chi connectivity index (χ1n) is 23.1. The largest absolute Gasteiger partial charge is 0.508 e. The third kappa shape index (κ3) is 9.28. The van der Waals surface area contributed by atoms with E-state index in [-0.39, 0.29) is 47.8 Å². The van der Waals surface area contributed by atoms with E-state index in [1.54, 1.807) is 24.2 Å². The van der Waals surface area contributed by atoms with E-state index in [4.69, 9.17) is 14.5 Å². The average Bonchev–Trinajstić information content (AvgIpc) is 3.71. The van der Waals surface area contributed by atoms with Gasteiger partial charge in [-0.2, -0.15) is 10.1 Å². The molecule has 18 nitrogen and oxygen atoms in total. The molecule has 4 N–H and O–H groups in total. The van der Waals surface area contributed by atoms with E-state index in [0.717, 1.165) is 61.6 Å². The summed E-state index contributed by atoms with van der Waals surface area (Å²) in [6.45, 7) is 11.2. The number of hydrogen-bond acceptors (Lipinski definition) is 14. The molecule has 2 fully saturated rings. The molecule has 4 aromatic carbocycles. The predicted molar refractivity (Wildman–Crippen MR) is 260 cm³/mol. The lowest BCUT2D eigenvalue weighted by molar-refractivity contribution is -0.140. The lowest BCUT2D eigenvalue weighted by Gasteiger charge is -2.36. The highest BCUT2D eigenvalue weighted by Crippen LogP contribution is 2.40. The molecule has 0 bridgehead atoms. The fourth-order valence-electron chi connectivity index (χ4n) is 9.15. The summed E-state index contributed by atoms with van der Waals surface area (Å²) in [7, 11) is 3.62. The molecule has 0 aliphatic carbocycles. The second kappa shape index (κ2) is 19.4. The highest BCUT2D eigenvalue weighted by Gasteiger charge is 2.30. The highest BCUT2D eigenvalue weighted by atomic mass is 16.5. The maximum Gasteiger partial charge on any atom is 0.348 e. The van der Waals surface area contributed by atoms with Crippen LogP contribution in [0.1, 0.15) is 61.0 Å². The zero-order chi connectivity index (χ0) is 47.6. The minimum Gasteiger partial charge on any atom is -0.508 e. The van der Waals surface area contributed by atoms with Gasteiger partial charge in [-0.05, 0) is 79.3 Å². The van der Waals surface area contributed by atoms with Crippen molar-refractivity contribution >= 4 is 46.3 Å². The number of piperidine rings is 1. The van der Waals surface area contributed by atoms with Crippen molar-refractivity contribution in [1.29, 1.82) is 0 Å². The van der Waals surface area contributed by atoms with Crippen molar-refractivity contribution < 1.29 is 29.3 Å². The van der Waals surface area contributed by atoms with E-state index in [2.05, 4.69) is 36.4 Å². The second-order valence-electron chi connectivity index (χ2n) is 17.7. The van der Waals surface area contributed by atoms with E-state index in [9.17, 15) is 24.6 Å². The van der Waals surface area contributed by atoms with Gasteiger partial charge < -0.3 is 44.6 Å². The number of rotatable bonds is 13. The van der Waals surface area contributed by atoms with Gasteiger partial charge in [0.15, 0.2) is 11.6 Å². The molecule has 0 radical (unpaired) electrons. The molecule has 0 spiro atoms. The van der Waals surface area contributed by atoms with Crippen LogP contribution in [0, 0.1) is 0 Å². The van der Waals surface area contributed by atoms with E-state index in [1.807, 2.05) is 98.3 Å². The maximum absolute atomic E-state index is 13.3. The Labute approximate surface area is 394 Å². The molecule has 5 heterocycles. The zero-order valence-corrected chi connectivity index (χ0v) is 39.0. The molecule has 6 aromatic rings. The van der Waals surface area contributed by atoms with Crippen molar-refractivity contribution in [2.24, 2.45) is 0 Å². The van der Waals surface area contributed by atoms with Gasteiger partial charge >= 0.3 is 5.69 Å². The van der Waals surface area contributed by atoms with Crippen molar-refractivity contribution in [3.05, 3.63) is 112 Å². The van der Waals surface area contributed by atoms with Gasteiger partial charge in [-0.1, -0.05) is 38.1 Å². The van der Waals surface area contributed by atoms with E-state index < -0.39 is 5.69 Å². The number of aromatic hydroxyl groups is 2. The van der Waals surface area contributed by atoms with Gasteiger partial charge in [-0.3, -0.25) is 14.5 Å². The quantitative estimate of drug-likeness (QED) is 0.0995. The number of anilines is 6. The first-order chi connectivity index (χ1) is 32.9. The number of piperazine rings is 1. The van der Waals surface area contributed by atoms with Crippen LogP contribution in [-0.2, 0) is 16.1 Å². The topological polar surface area (TPSA) is 198 Å². The van der Waals surface area contributed by atoms with Crippen molar-refractivity contribution in [2.45, 2.75) is 52.2 Å². The third-order valence-corrected chi connectivity index (χ3v) is 13.0. The van der Waals surface area contributed by atoms with E-state index in [0.29, 0.717) is 71.8 Å². The summed E-state index contributed by atoms with van der Waals surface area (Å²) < 4.78 is 13.7. The van der Waals surface area contributed by atoms with Gasteiger partial charge in [-0.25, -0.2) is 19.4 Å². The molecule has 2 amide bonds. The van der Waals surface area contributed by atoms with Gasteiger partial charge in [0.25, 0.3) is 5.91 Å². The van der Waals surface area contributed by atoms with Crippen molar-refractivity contribution in [3.8, 4) is 34.3 Å². The molecule has 9 rings (SSSR count). The summed E-state index contributed by atoms with van der Waals surface area (Å²) in [5.74, 6) is 1.57. The van der Waals surface area contributed by atoms with Gasteiger partial charge in [0.1, 0.15) is 29.5 Å². The van der Waals surface area contributed by atoms with Crippen LogP contribution in [0.5, 0.6) is 17.2 Å². The summed E-state index contributed by atoms with van der Waals surface area (Å²) in [5.41, 5.74) is 5.88. The van der Waals surface area contributed by atoms with Crippen LogP contribution in [-0.4, -0.2) is 129 Å². The van der Waals surface area contributed by atoms with Gasteiger partial charge in [0, 0.05) is 77.7 Å². The highest BCUT2D eigenvalue weighted by molar-refractivity contribution is 6.13. The molecule has 68 heavy (non-hydrogen) atoms. The molecule has 0 unspecified atom stereocenters. The van der Waals surface area contributed by atoms with Gasteiger partial charge in [0.2, 0.25) is 11.9 Å². The van der Waals surface area contributed by atoms with Crippen LogP contribution in [0.4, 0.5) is 34.5 Å². The van der Waals surface area contributed by atoms with Gasteiger partial charge in [0.05, 0.1) is 47.1 Å². The number of nitrogens with one attached hydrogen (secondary N) is 2. The molecule has 3 aliphatic rings. The minimum atomic E-state index is -0.445. The molecule has 2 aromatic heterocycles. The predicted octanol–water partition coefficient (Wildman–Crippen LogP) is 6.38. The summed E-state index contributed by atoms with van der Waals surface area (Å²) >= 11 is 0. The summed E-state index contributed by atoms with van der Waals surface area (Å²) in [5, 5.41) is 31.0. The van der Waals surface area contributed by atoms with Crippen LogP contribution in [0.25, 0.3) is 17.1 Å². The number of amides is 2. The summed E-state index contributed by atoms with van der Waals surface area (Å²) in [6, 6.07) is 24.1. The third-order valence-electron chi connectivity index (χ3n) is 13.0. The number of nitrogens with zero attached hydrogens (tertiary/aromatic N) is 9.